The predicted octanol–water partition coefficient (Wildman–Crippen LogP) is 1.88. The van der Waals surface area contributed by atoms with Crippen molar-refractivity contribution in [3.63, 3.8) is 0 Å². The second-order valence-corrected chi connectivity index (χ2v) is 2.87. The van der Waals surface area contributed by atoms with E-state index < -0.39 is 0 Å². The molecule has 0 bridgehead atoms. The number of carbonyl (C=O) groups is 1. The SMILES string of the molecule is CCCCC(=O)CC(C)[C]=O. The minimum absolute atomic E-state index is 0.183. The second kappa shape index (κ2) is 6.08. The molecule has 0 aromatic carbocycles. The highest BCUT2D eigenvalue weighted by Crippen LogP contribution is 2.04. The van der Waals surface area contributed by atoms with E-state index in [1.807, 2.05) is 6.92 Å². The van der Waals surface area contributed by atoms with Crippen molar-refractivity contribution >= 4 is 12.1 Å². The van der Waals surface area contributed by atoms with Gasteiger partial charge in [0.1, 0.15) is 5.78 Å². The topological polar surface area (TPSA) is 34.1 Å². The third-order valence-corrected chi connectivity index (χ3v) is 1.54. The first-order valence-electron chi connectivity index (χ1n) is 4.10. The molecule has 0 rings (SSSR count). The summed E-state index contributed by atoms with van der Waals surface area (Å²) in [6.07, 6.45) is 4.75. The smallest absolute Gasteiger partial charge is 0.201 e. The molecule has 0 aliphatic heterocycles. The van der Waals surface area contributed by atoms with Gasteiger partial charge >= 0.3 is 0 Å². The van der Waals surface area contributed by atoms with Gasteiger partial charge in [0.25, 0.3) is 0 Å². The Bertz CT molecular complexity index is 130. The van der Waals surface area contributed by atoms with Gasteiger partial charge in [-0.1, -0.05) is 20.3 Å². The summed E-state index contributed by atoms with van der Waals surface area (Å²) in [7, 11) is 0. The molecule has 0 N–H and O–H groups in total. The van der Waals surface area contributed by atoms with Crippen LogP contribution in [0.4, 0.5) is 0 Å². The first kappa shape index (κ1) is 10.3. The maximum Gasteiger partial charge on any atom is 0.201 e. The zero-order chi connectivity index (χ0) is 8.69. The Morgan fingerprint density at radius 1 is 1.55 bits per heavy atom. The minimum atomic E-state index is -0.223. The lowest BCUT2D eigenvalue weighted by Crippen LogP contribution is -2.05. The Labute approximate surface area is 68.0 Å². The first-order valence-corrected chi connectivity index (χ1v) is 4.10. The summed E-state index contributed by atoms with van der Waals surface area (Å²) in [5.74, 6) is -0.0398. The molecule has 11 heavy (non-hydrogen) atoms. The number of carbonyl (C=O) groups excluding carboxylic acids is 2. The average molecular weight is 155 g/mol. The van der Waals surface area contributed by atoms with Crippen LogP contribution in [0.1, 0.15) is 39.5 Å². The van der Waals surface area contributed by atoms with Crippen molar-refractivity contribution in [1.29, 1.82) is 0 Å². The fourth-order valence-corrected chi connectivity index (χ4v) is 0.859. The lowest BCUT2D eigenvalue weighted by atomic mass is 10.0. The van der Waals surface area contributed by atoms with Gasteiger partial charge in [-0.2, -0.15) is 0 Å². The van der Waals surface area contributed by atoms with Crippen LogP contribution in [-0.2, 0) is 9.59 Å². The predicted molar refractivity (Wildman–Crippen MR) is 44.0 cm³/mol. The Kier molecular flexibility index (Phi) is 5.71. The Hall–Kier alpha value is -0.660. The summed E-state index contributed by atoms with van der Waals surface area (Å²) in [5, 5.41) is 0. The van der Waals surface area contributed by atoms with Gasteiger partial charge in [-0.25, -0.2) is 0 Å². The fourth-order valence-electron chi connectivity index (χ4n) is 0.859. The molecule has 0 aliphatic rings. The van der Waals surface area contributed by atoms with Crippen LogP contribution in [0.25, 0.3) is 0 Å². The highest BCUT2D eigenvalue weighted by atomic mass is 16.1. The van der Waals surface area contributed by atoms with Gasteiger partial charge in [-0.15, -0.1) is 0 Å². The van der Waals surface area contributed by atoms with Gasteiger partial charge < -0.3 is 0 Å². The summed E-state index contributed by atoms with van der Waals surface area (Å²) >= 11 is 0. The van der Waals surface area contributed by atoms with Crippen LogP contribution in [0.2, 0.25) is 0 Å². The van der Waals surface area contributed by atoms with E-state index in [-0.39, 0.29) is 11.7 Å². The summed E-state index contributed by atoms with van der Waals surface area (Å²) in [5.41, 5.74) is 0. The molecule has 2 heteroatoms. The largest absolute Gasteiger partial charge is 0.300 e. The second-order valence-electron chi connectivity index (χ2n) is 2.87. The Morgan fingerprint density at radius 2 is 2.18 bits per heavy atom. The van der Waals surface area contributed by atoms with E-state index in [9.17, 15) is 9.59 Å². The van der Waals surface area contributed by atoms with Crippen LogP contribution in [0.5, 0.6) is 0 Å². The van der Waals surface area contributed by atoms with Crippen LogP contribution in [0.15, 0.2) is 0 Å². The quantitative estimate of drug-likeness (QED) is 0.587. The van der Waals surface area contributed by atoms with Gasteiger partial charge in [0.05, 0.1) is 0 Å². The summed E-state index contributed by atoms with van der Waals surface area (Å²) in [6.45, 7) is 3.76. The van der Waals surface area contributed by atoms with Crippen molar-refractivity contribution < 1.29 is 9.59 Å². The van der Waals surface area contributed by atoms with Crippen LogP contribution < -0.4 is 0 Å². The lowest BCUT2D eigenvalue weighted by molar-refractivity contribution is -0.119. The van der Waals surface area contributed by atoms with Crippen molar-refractivity contribution in [3.05, 3.63) is 0 Å². The van der Waals surface area contributed by atoms with Crippen LogP contribution in [-0.4, -0.2) is 12.1 Å². The molecule has 0 aromatic heterocycles. The highest BCUT2D eigenvalue weighted by Gasteiger charge is 2.07. The van der Waals surface area contributed by atoms with Gasteiger partial charge in [0.15, 0.2) is 0 Å². The van der Waals surface area contributed by atoms with Crippen LogP contribution in [0.3, 0.4) is 0 Å². The van der Waals surface area contributed by atoms with Gasteiger partial charge in [-0.05, 0) is 6.42 Å². The van der Waals surface area contributed by atoms with E-state index in [1.54, 1.807) is 13.2 Å². The van der Waals surface area contributed by atoms with E-state index in [0.29, 0.717) is 12.8 Å². The van der Waals surface area contributed by atoms with Crippen molar-refractivity contribution in [2.75, 3.05) is 0 Å². The standard InChI is InChI=1S/C9H15O2/c1-3-4-5-9(11)6-8(2)7-10/h8H,3-6H2,1-2H3. The molecule has 0 saturated carbocycles. The van der Waals surface area contributed by atoms with E-state index in [4.69, 9.17) is 0 Å². The van der Waals surface area contributed by atoms with Gasteiger partial charge in [-0.3, -0.25) is 9.59 Å². The highest BCUT2D eigenvalue weighted by molar-refractivity contribution is 5.81. The number of rotatable bonds is 6. The van der Waals surface area contributed by atoms with E-state index >= 15 is 0 Å². The van der Waals surface area contributed by atoms with Crippen LogP contribution in [0, 0.1) is 5.92 Å². The van der Waals surface area contributed by atoms with Crippen molar-refractivity contribution in [2.24, 2.45) is 5.92 Å². The fraction of sp³-hybridized carbons (Fsp3) is 0.778. The van der Waals surface area contributed by atoms with E-state index in [0.717, 1.165) is 12.8 Å². The third-order valence-electron chi connectivity index (χ3n) is 1.54. The van der Waals surface area contributed by atoms with Crippen molar-refractivity contribution in [2.45, 2.75) is 39.5 Å². The first-order chi connectivity index (χ1) is 5.20. The maximum atomic E-state index is 11.0. The number of hydrogen-bond donors (Lipinski definition) is 0. The molecule has 1 atom stereocenters. The molecule has 0 fully saturated rings. The number of unbranched alkanes of at least 4 members (excludes halogenated alkanes) is 1. The van der Waals surface area contributed by atoms with Crippen molar-refractivity contribution in [3.8, 4) is 0 Å². The number of hydrogen-bond acceptors (Lipinski definition) is 2. The Morgan fingerprint density at radius 3 is 2.64 bits per heavy atom. The molecule has 1 unspecified atom stereocenters. The summed E-state index contributed by atoms with van der Waals surface area (Å²) < 4.78 is 0. The van der Waals surface area contributed by atoms with Gasteiger partial charge in [0.2, 0.25) is 6.29 Å². The average Bonchev–Trinajstić information content (AvgIpc) is 2.00. The molecule has 63 valence electrons. The number of Topliss-reactive ketones (excluding diaryl/α,β-unsaturated/α-hetero) is 1. The summed E-state index contributed by atoms with van der Waals surface area (Å²) in [4.78, 5) is 21.0. The van der Waals surface area contributed by atoms with Crippen LogP contribution >= 0.6 is 0 Å². The maximum absolute atomic E-state index is 11.0. The third kappa shape index (κ3) is 5.77. The number of ketones is 1. The van der Waals surface area contributed by atoms with Gasteiger partial charge in [0, 0.05) is 18.8 Å². The van der Waals surface area contributed by atoms with E-state index in [2.05, 4.69) is 0 Å². The summed E-state index contributed by atoms with van der Waals surface area (Å²) in [6, 6.07) is 0. The molecular formula is C9H15O2. The molecular weight excluding hydrogens is 140 g/mol. The molecule has 0 amide bonds. The van der Waals surface area contributed by atoms with Crippen molar-refractivity contribution in [1.82, 2.24) is 0 Å². The monoisotopic (exact) mass is 155 g/mol. The molecule has 0 spiro atoms. The molecule has 0 heterocycles. The van der Waals surface area contributed by atoms with E-state index in [1.165, 1.54) is 0 Å². The Balaban J connectivity index is 3.43. The minimum Gasteiger partial charge on any atom is -0.300 e. The lowest BCUT2D eigenvalue weighted by Gasteiger charge is -2.00. The molecule has 0 saturated heterocycles. The molecule has 1 radical (unpaired) electrons. The molecule has 2 nitrogen and oxygen atoms in total. The molecule has 0 aromatic rings. The zero-order valence-electron chi connectivity index (χ0n) is 7.22. The molecule has 0 aliphatic carbocycles. The zero-order valence-corrected chi connectivity index (χ0v) is 7.22. The normalized spacial score (nSPS) is 12.5.